The number of rotatable bonds is 6. The second-order valence-corrected chi connectivity index (χ2v) is 4.48. The first-order chi connectivity index (χ1) is 11.1. The summed E-state index contributed by atoms with van der Waals surface area (Å²) in [5.41, 5.74) is 0.693. The van der Waals surface area contributed by atoms with Gasteiger partial charge in [-0.15, -0.1) is 0 Å². The van der Waals surface area contributed by atoms with Crippen molar-refractivity contribution in [3.8, 4) is 23.0 Å². The van der Waals surface area contributed by atoms with Gasteiger partial charge in [-0.05, 0) is 24.3 Å². The van der Waals surface area contributed by atoms with Gasteiger partial charge in [0.05, 0.1) is 21.3 Å². The number of aldehydes is 1. The summed E-state index contributed by atoms with van der Waals surface area (Å²) >= 11 is 0. The van der Waals surface area contributed by atoms with Gasteiger partial charge in [0.15, 0.2) is 11.5 Å². The van der Waals surface area contributed by atoms with Crippen molar-refractivity contribution in [1.82, 2.24) is 0 Å². The predicted molar refractivity (Wildman–Crippen MR) is 82.9 cm³/mol. The van der Waals surface area contributed by atoms with Gasteiger partial charge in [0.2, 0.25) is 0 Å². The van der Waals surface area contributed by atoms with Gasteiger partial charge < -0.3 is 18.9 Å². The number of benzene rings is 2. The second-order valence-electron chi connectivity index (χ2n) is 4.48. The van der Waals surface area contributed by atoms with E-state index in [4.69, 9.17) is 18.9 Å². The van der Waals surface area contributed by atoms with Gasteiger partial charge in [0, 0.05) is 17.7 Å². The van der Waals surface area contributed by atoms with Gasteiger partial charge in [-0.25, -0.2) is 4.79 Å². The highest BCUT2D eigenvalue weighted by Crippen LogP contribution is 2.35. The monoisotopic (exact) mass is 316 g/mol. The topological polar surface area (TPSA) is 71.1 Å². The number of carbonyl (C=O) groups is 2. The average Bonchev–Trinajstić information content (AvgIpc) is 2.60. The number of ether oxygens (including phenoxy) is 4. The molecule has 0 saturated carbocycles. The third kappa shape index (κ3) is 3.60. The molecule has 6 heteroatoms. The smallest absolute Gasteiger partial charge is 0.347 e. The lowest BCUT2D eigenvalue weighted by atomic mass is 10.1. The molecule has 0 bridgehead atoms. The molecule has 0 aliphatic heterocycles. The van der Waals surface area contributed by atoms with E-state index in [2.05, 4.69) is 0 Å². The normalized spacial score (nSPS) is 9.87. The van der Waals surface area contributed by atoms with Crippen LogP contribution in [0.4, 0.5) is 0 Å². The van der Waals surface area contributed by atoms with Crippen LogP contribution in [0, 0.1) is 0 Å². The van der Waals surface area contributed by atoms with Crippen LogP contribution in [0.1, 0.15) is 20.7 Å². The van der Waals surface area contributed by atoms with Gasteiger partial charge in [0.25, 0.3) is 0 Å². The molecule has 0 N–H and O–H groups in total. The van der Waals surface area contributed by atoms with E-state index in [0.717, 1.165) is 0 Å². The van der Waals surface area contributed by atoms with E-state index < -0.39 is 5.97 Å². The molecule has 0 fully saturated rings. The van der Waals surface area contributed by atoms with Gasteiger partial charge in [0.1, 0.15) is 23.3 Å². The molecule has 0 radical (unpaired) electrons. The highest BCUT2D eigenvalue weighted by Gasteiger charge is 2.19. The molecule has 0 heterocycles. The van der Waals surface area contributed by atoms with Crippen molar-refractivity contribution in [2.24, 2.45) is 0 Å². The Morgan fingerprint density at radius 3 is 1.96 bits per heavy atom. The minimum Gasteiger partial charge on any atom is -0.496 e. The zero-order chi connectivity index (χ0) is 16.8. The Kier molecular flexibility index (Phi) is 5.19. The second kappa shape index (κ2) is 7.31. The Labute approximate surface area is 133 Å². The fourth-order valence-electron chi connectivity index (χ4n) is 1.97. The molecule has 120 valence electrons. The summed E-state index contributed by atoms with van der Waals surface area (Å²) in [6, 6.07) is 9.22. The fraction of sp³-hybridized carbons (Fsp3) is 0.176. The van der Waals surface area contributed by atoms with E-state index >= 15 is 0 Å². The minimum atomic E-state index is -0.610. The Morgan fingerprint density at radius 1 is 0.870 bits per heavy atom. The Balaban J connectivity index is 2.31. The summed E-state index contributed by atoms with van der Waals surface area (Å²) in [6.07, 6.45) is 0.711. The third-order valence-corrected chi connectivity index (χ3v) is 3.15. The maximum absolute atomic E-state index is 12.3. The lowest BCUT2D eigenvalue weighted by molar-refractivity contribution is 0.0730. The van der Waals surface area contributed by atoms with Crippen LogP contribution in [0.25, 0.3) is 0 Å². The molecule has 6 nitrogen and oxygen atoms in total. The quantitative estimate of drug-likeness (QED) is 0.463. The molecule has 0 saturated heterocycles. The van der Waals surface area contributed by atoms with Crippen LogP contribution in [-0.2, 0) is 0 Å². The summed E-state index contributed by atoms with van der Waals surface area (Å²) in [5, 5.41) is 0. The van der Waals surface area contributed by atoms with E-state index in [9.17, 15) is 9.59 Å². The van der Waals surface area contributed by atoms with Crippen LogP contribution in [0.3, 0.4) is 0 Å². The zero-order valence-electron chi connectivity index (χ0n) is 13.0. The van der Waals surface area contributed by atoms with Gasteiger partial charge >= 0.3 is 5.97 Å². The Morgan fingerprint density at radius 2 is 1.43 bits per heavy atom. The van der Waals surface area contributed by atoms with E-state index in [1.54, 1.807) is 18.2 Å². The van der Waals surface area contributed by atoms with Gasteiger partial charge in [-0.2, -0.15) is 0 Å². The first-order valence-corrected chi connectivity index (χ1v) is 6.70. The third-order valence-electron chi connectivity index (χ3n) is 3.15. The number of esters is 1. The maximum atomic E-state index is 12.3. The Hall–Kier alpha value is -3.02. The molecular formula is C17H16O6. The molecule has 0 aliphatic carbocycles. The lowest BCUT2D eigenvalue weighted by Crippen LogP contribution is -2.11. The van der Waals surface area contributed by atoms with E-state index in [-0.39, 0.29) is 5.56 Å². The first-order valence-electron chi connectivity index (χ1n) is 6.70. The standard InChI is InChI=1S/C17H16O6/c1-20-14-9-16(22-3)15(21-2)8-13(14)17(19)23-12-6-4-11(10-18)5-7-12/h4-10H,1-3H3. The van der Waals surface area contributed by atoms with Crippen molar-refractivity contribution in [2.75, 3.05) is 21.3 Å². The van der Waals surface area contributed by atoms with E-state index in [1.165, 1.54) is 39.5 Å². The molecule has 23 heavy (non-hydrogen) atoms. The summed E-state index contributed by atoms with van der Waals surface area (Å²) in [4.78, 5) is 23.0. The van der Waals surface area contributed by atoms with Gasteiger partial charge in [-0.1, -0.05) is 0 Å². The molecule has 0 atom stereocenters. The van der Waals surface area contributed by atoms with Crippen molar-refractivity contribution >= 4 is 12.3 Å². The predicted octanol–water partition coefficient (Wildman–Crippen LogP) is 2.74. The van der Waals surface area contributed by atoms with Crippen LogP contribution >= 0.6 is 0 Å². The highest BCUT2D eigenvalue weighted by molar-refractivity contribution is 5.95. The zero-order valence-corrected chi connectivity index (χ0v) is 13.0. The average molecular weight is 316 g/mol. The minimum absolute atomic E-state index is 0.199. The summed E-state index contributed by atoms with van der Waals surface area (Å²) < 4.78 is 20.8. The molecule has 2 aromatic carbocycles. The van der Waals surface area contributed by atoms with Crippen LogP contribution in [0.5, 0.6) is 23.0 Å². The van der Waals surface area contributed by atoms with Crippen LogP contribution in [-0.4, -0.2) is 33.6 Å². The molecular weight excluding hydrogens is 300 g/mol. The van der Waals surface area contributed by atoms with Crippen molar-refractivity contribution in [3.63, 3.8) is 0 Å². The first kappa shape index (κ1) is 16.4. The summed E-state index contributed by atoms with van der Waals surface area (Å²) in [6.45, 7) is 0. The van der Waals surface area contributed by atoms with E-state index in [1.807, 2.05) is 0 Å². The molecule has 2 aromatic rings. The summed E-state index contributed by atoms with van der Waals surface area (Å²) in [5.74, 6) is 0.837. The maximum Gasteiger partial charge on any atom is 0.347 e. The van der Waals surface area contributed by atoms with Crippen LogP contribution < -0.4 is 18.9 Å². The Bertz CT molecular complexity index is 706. The van der Waals surface area contributed by atoms with E-state index in [0.29, 0.717) is 34.8 Å². The van der Waals surface area contributed by atoms with Crippen molar-refractivity contribution in [3.05, 3.63) is 47.5 Å². The number of carbonyl (C=O) groups excluding carboxylic acids is 2. The largest absolute Gasteiger partial charge is 0.496 e. The van der Waals surface area contributed by atoms with Crippen molar-refractivity contribution in [1.29, 1.82) is 0 Å². The summed E-state index contributed by atoms with van der Waals surface area (Å²) in [7, 11) is 4.40. The van der Waals surface area contributed by atoms with Gasteiger partial charge in [-0.3, -0.25) is 4.79 Å². The number of hydrogen-bond donors (Lipinski definition) is 0. The molecule has 0 spiro atoms. The molecule has 0 aliphatic rings. The number of methoxy groups -OCH3 is 3. The molecule has 0 unspecified atom stereocenters. The van der Waals surface area contributed by atoms with Crippen molar-refractivity contribution in [2.45, 2.75) is 0 Å². The van der Waals surface area contributed by atoms with Crippen LogP contribution in [0.2, 0.25) is 0 Å². The lowest BCUT2D eigenvalue weighted by Gasteiger charge is -2.13. The highest BCUT2D eigenvalue weighted by atomic mass is 16.5. The SMILES string of the molecule is COc1cc(OC)c(C(=O)Oc2ccc(C=O)cc2)cc1OC. The number of hydrogen-bond acceptors (Lipinski definition) is 6. The molecule has 2 rings (SSSR count). The van der Waals surface area contributed by atoms with Crippen molar-refractivity contribution < 1.29 is 28.5 Å². The van der Waals surface area contributed by atoms with Crippen LogP contribution in [0.15, 0.2) is 36.4 Å². The fourth-order valence-corrected chi connectivity index (χ4v) is 1.97. The molecule has 0 aromatic heterocycles. The molecule has 0 amide bonds.